The summed E-state index contributed by atoms with van der Waals surface area (Å²) in [7, 11) is 0. The maximum atomic E-state index is 11.4. The van der Waals surface area contributed by atoms with Gasteiger partial charge in [-0.15, -0.1) is 11.8 Å². The summed E-state index contributed by atoms with van der Waals surface area (Å²) in [5.41, 5.74) is 2.64. The van der Waals surface area contributed by atoms with Crippen molar-refractivity contribution in [2.45, 2.75) is 16.8 Å². The summed E-state index contributed by atoms with van der Waals surface area (Å²) in [4.78, 5) is 12.4. The smallest absolute Gasteiger partial charge is 0.257 e. The van der Waals surface area contributed by atoms with Gasteiger partial charge < -0.3 is 10.4 Å². The van der Waals surface area contributed by atoms with Crippen molar-refractivity contribution < 1.29 is 9.90 Å². The molecular weight excluding hydrogens is 258 g/mol. The highest BCUT2D eigenvalue weighted by atomic mass is 32.2. The monoisotopic (exact) mass is 271 g/mol. The lowest BCUT2D eigenvalue weighted by molar-refractivity contribution is -0.123. The van der Waals surface area contributed by atoms with Crippen molar-refractivity contribution in [3.8, 4) is 0 Å². The first-order valence-electron chi connectivity index (χ1n) is 6.03. The maximum Gasteiger partial charge on any atom is 0.257 e. The molecule has 1 atom stereocenters. The van der Waals surface area contributed by atoms with Crippen molar-refractivity contribution in [1.82, 2.24) is 0 Å². The van der Waals surface area contributed by atoms with Crippen molar-refractivity contribution in [3.63, 3.8) is 0 Å². The first kappa shape index (κ1) is 12.3. The van der Waals surface area contributed by atoms with E-state index in [1.54, 1.807) is 11.8 Å². The van der Waals surface area contributed by atoms with Gasteiger partial charge in [-0.25, -0.2) is 0 Å². The number of carbonyl (C=O) groups is 1. The summed E-state index contributed by atoms with van der Waals surface area (Å²) in [5.74, 6) is 0.538. The summed E-state index contributed by atoms with van der Waals surface area (Å²) >= 11 is 1.71. The third-order valence-corrected chi connectivity index (χ3v) is 4.14. The molecule has 0 saturated carbocycles. The predicted molar refractivity (Wildman–Crippen MR) is 76.0 cm³/mol. The van der Waals surface area contributed by atoms with Gasteiger partial charge in [0, 0.05) is 21.9 Å². The number of aliphatic hydroxyl groups excluding tert-OH is 1. The molecule has 2 aromatic carbocycles. The summed E-state index contributed by atoms with van der Waals surface area (Å²) in [5, 5.41) is 12.3. The number of thioether (sulfide) groups is 1. The van der Waals surface area contributed by atoms with Crippen LogP contribution in [0.3, 0.4) is 0 Å². The number of rotatable bonds is 3. The highest BCUT2D eigenvalue weighted by molar-refractivity contribution is 7.98. The van der Waals surface area contributed by atoms with E-state index in [4.69, 9.17) is 0 Å². The Morgan fingerprint density at radius 1 is 1.16 bits per heavy atom. The van der Waals surface area contributed by atoms with Gasteiger partial charge in [0.2, 0.25) is 0 Å². The molecule has 0 spiro atoms. The van der Waals surface area contributed by atoms with Gasteiger partial charge in [-0.05, 0) is 17.7 Å². The predicted octanol–water partition coefficient (Wildman–Crippen LogP) is 2.96. The lowest BCUT2D eigenvalue weighted by atomic mass is 10.1. The quantitative estimate of drug-likeness (QED) is 0.844. The zero-order valence-corrected chi connectivity index (χ0v) is 11.0. The van der Waals surface area contributed by atoms with Crippen LogP contribution in [0.5, 0.6) is 0 Å². The van der Waals surface area contributed by atoms with Crippen molar-refractivity contribution in [1.29, 1.82) is 0 Å². The van der Waals surface area contributed by atoms with E-state index in [0.717, 1.165) is 16.3 Å². The van der Waals surface area contributed by atoms with E-state index in [1.807, 2.05) is 36.4 Å². The fraction of sp³-hybridized carbons (Fsp3) is 0.133. The van der Waals surface area contributed by atoms with E-state index in [1.165, 1.54) is 5.56 Å². The fourth-order valence-electron chi connectivity index (χ4n) is 2.06. The highest BCUT2D eigenvalue weighted by Gasteiger charge is 2.28. The first-order valence-corrected chi connectivity index (χ1v) is 7.02. The third kappa shape index (κ3) is 2.50. The van der Waals surface area contributed by atoms with Crippen LogP contribution in [-0.2, 0) is 10.5 Å². The highest BCUT2D eigenvalue weighted by Crippen LogP contribution is 2.34. The number of benzene rings is 2. The van der Waals surface area contributed by atoms with Gasteiger partial charge in [-0.2, -0.15) is 0 Å². The minimum Gasteiger partial charge on any atom is -0.378 e. The summed E-state index contributed by atoms with van der Waals surface area (Å²) in [6.45, 7) is 0. The number of fused-ring (bicyclic) bond motifs is 1. The summed E-state index contributed by atoms with van der Waals surface area (Å²) in [6.07, 6.45) is -1.02. The molecule has 96 valence electrons. The van der Waals surface area contributed by atoms with Gasteiger partial charge in [0.1, 0.15) is 0 Å². The van der Waals surface area contributed by atoms with Gasteiger partial charge in [0.15, 0.2) is 6.10 Å². The maximum absolute atomic E-state index is 11.4. The Labute approximate surface area is 115 Å². The third-order valence-electron chi connectivity index (χ3n) is 3.07. The van der Waals surface area contributed by atoms with Crippen molar-refractivity contribution in [2.75, 3.05) is 5.32 Å². The molecule has 0 radical (unpaired) electrons. The first-order chi connectivity index (χ1) is 9.24. The van der Waals surface area contributed by atoms with E-state index in [-0.39, 0.29) is 5.91 Å². The molecule has 0 bridgehead atoms. The molecule has 4 heteroatoms. The molecule has 3 rings (SSSR count). The second kappa shape index (κ2) is 5.07. The number of hydrogen-bond donors (Lipinski definition) is 2. The molecule has 2 aromatic rings. The second-order valence-corrected chi connectivity index (χ2v) is 5.46. The zero-order valence-electron chi connectivity index (χ0n) is 10.2. The lowest BCUT2D eigenvalue weighted by Crippen LogP contribution is -2.10. The van der Waals surface area contributed by atoms with E-state index < -0.39 is 6.10 Å². The van der Waals surface area contributed by atoms with Gasteiger partial charge in [0.25, 0.3) is 5.91 Å². The Kier molecular flexibility index (Phi) is 3.27. The molecular formula is C15H13NO2S. The average molecular weight is 271 g/mol. The van der Waals surface area contributed by atoms with Crippen LogP contribution < -0.4 is 5.32 Å². The van der Waals surface area contributed by atoms with Crippen LogP contribution in [0.1, 0.15) is 17.2 Å². The van der Waals surface area contributed by atoms with E-state index in [2.05, 4.69) is 17.4 Å². The van der Waals surface area contributed by atoms with Crippen LogP contribution in [0.2, 0.25) is 0 Å². The van der Waals surface area contributed by atoms with Crippen molar-refractivity contribution in [3.05, 3.63) is 59.7 Å². The van der Waals surface area contributed by atoms with Crippen LogP contribution in [0.4, 0.5) is 5.69 Å². The number of nitrogens with one attached hydrogen (secondary N) is 1. The molecule has 1 heterocycles. The van der Waals surface area contributed by atoms with Crippen LogP contribution in [-0.4, -0.2) is 11.0 Å². The molecule has 1 unspecified atom stereocenters. The lowest BCUT2D eigenvalue weighted by Gasteiger charge is -2.05. The van der Waals surface area contributed by atoms with Gasteiger partial charge in [0.05, 0.1) is 0 Å². The van der Waals surface area contributed by atoms with Gasteiger partial charge >= 0.3 is 0 Å². The standard InChI is InChI=1S/C15H13NO2S/c17-14-12-7-6-11(8-13(12)16-15(14)18)19-9-10-4-2-1-3-5-10/h1-8,14,17H,9H2,(H,16,18). The molecule has 0 fully saturated rings. The van der Waals surface area contributed by atoms with E-state index in [9.17, 15) is 9.90 Å². The molecule has 1 aliphatic heterocycles. The fourth-order valence-corrected chi connectivity index (χ4v) is 2.95. The Morgan fingerprint density at radius 3 is 2.74 bits per heavy atom. The number of aliphatic hydroxyl groups is 1. The normalized spacial score (nSPS) is 17.1. The molecule has 2 N–H and O–H groups in total. The average Bonchev–Trinajstić information content (AvgIpc) is 2.73. The zero-order chi connectivity index (χ0) is 13.2. The molecule has 19 heavy (non-hydrogen) atoms. The van der Waals surface area contributed by atoms with Crippen LogP contribution in [0.25, 0.3) is 0 Å². The molecule has 1 aliphatic rings. The van der Waals surface area contributed by atoms with Crippen LogP contribution in [0.15, 0.2) is 53.4 Å². The minimum atomic E-state index is -1.02. The Morgan fingerprint density at radius 2 is 1.95 bits per heavy atom. The number of anilines is 1. The molecule has 0 aliphatic carbocycles. The molecule has 3 nitrogen and oxygen atoms in total. The molecule has 1 amide bonds. The van der Waals surface area contributed by atoms with Crippen LogP contribution in [0, 0.1) is 0 Å². The minimum absolute atomic E-state index is 0.347. The van der Waals surface area contributed by atoms with Gasteiger partial charge in [-0.1, -0.05) is 36.4 Å². The SMILES string of the molecule is O=C1Nc2cc(SCc3ccccc3)ccc2C1O. The summed E-state index contributed by atoms with van der Waals surface area (Å²) in [6, 6.07) is 15.9. The largest absolute Gasteiger partial charge is 0.378 e. The van der Waals surface area contributed by atoms with E-state index in [0.29, 0.717) is 5.56 Å². The Balaban J connectivity index is 1.74. The van der Waals surface area contributed by atoms with E-state index >= 15 is 0 Å². The molecule has 0 aromatic heterocycles. The van der Waals surface area contributed by atoms with Crippen molar-refractivity contribution in [2.24, 2.45) is 0 Å². The summed E-state index contributed by atoms with van der Waals surface area (Å²) < 4.78 is 0. The van der Waals surface area contributed by atoms with Crippen LogP contribution >= 0.6 is 11.8 Å². The topological polar surface area (TPSA) is 49.3 Å². The Hall–Kier alpha value is -1.78. The molecule has 0 saturated heterocycles. The number of carbonyl (C=O) groups excluding carboxylic acids is 1. The van der Waals surface area contributed by atoms with Gasteiger partial charge in [-0.3, -0.25) is 4.79 Å². The Bertz CT molecular complexity index is 613. The van der Waals surface area contributed by atoms with Crippen molar-refractivity contribution >= 4 is 23.4 Å². The second-order valence-electron chi connectivity index (χ2n) is 4.42. The number of amides is 1. The number of hydrogen-bond acceptors (Lipinski definition) is 3.